The Morgan fingerprint density at radius 2 is 1.63 bits per heavy atom. The monoisotopic (exact) mass is 372 g/mol. The number of aromatic nitrogens is 1. The second-order valence-corrected chi connectivity index (χ2v) is 7.49. The lowest BCUT2D eigenvalue weighted by atomic mass is 9.95. The van der Waals surface area contributed by atoms with Gasteiger partial charge in [0.25, 0.3) is 5.91 Å². The molecule has 7 nitrogen and oxygen atoms in total. The highest BCUT2D eigenvalue weighted by Gasteiger charge is 2.25. The van der Waals surface area contributed by atoms with Crippen molar-refractivity contribution in [2.75, 3.05) is 19.6 Å². The van der Waals surface area contributed by atoms with Crippen LogP contribution >= 0.6 is 0 Å². The lowest BCUT2D eigenvalue weighted by Crippen LogP contribution is -2.47. The average molecular weight is 372 g/mol. The summed E-state index contributed by atoms with van der Waals surface area (Å²) in [5, 5.41) is 5.59. The van der Waals surface area contributed by atoms with E-state index in [0.717, 1.165) is 38.5 Å². The van der Waals surface area contributed by atoms with E-state index in [4.69, 9.17) is 0 Å². The van der Waals surface area contributed by atoms with Crippen molar-refractivity contribution in [2.24, 2.45) is 5.92 Å². The van der Waals surface area contributed by atoms with Crippen LogP contribution in [0.25, 0.3) is 0 Å². The molecule has 0 unspecified atom stereocenters. The fourth-order valence-corrected chi connectivity index (χ4v) is 3.83. The summed E-state index contributed by atoms with van der Waals surface area (Å²) in [5.74, 6) is -0.757. The van der Waals surface area contributed by atoms with Gasteiger partial charge >= 0.3 is 11.8 Å². The molecule has 0 aromatic carbocycles. The Morgan fingerprint density at radius 3 is 2.30 bits per heavy atom. The van der Waals surface area contributed by atoms with E-state index in [2.05, 4.69) is 15.6 Å². The maximum absolute atomic E-state index is 12.4. The topological polar surface area (TPSA) is 91.4 Å². The number of carbonyl (C=O) groups is 3. The summed E-state index contributed by atoms with van der Waals surface area (Å²) in [6, 6.07) is 3.58. The maximum Gasteiger partial charge on any atom is 0.309 e. The number of piperidine rings is 1. The first-order chi connectivity index (χ1) is 13.1. The van der Waals surface area contributed by atoms with E-state index in [0.29, 0.717) is 25.2 Å². The molecule has 2 aliphatic rings. The molecule has 0 spiro atoms. The molecule has 7 heteroatoms. The molecule has 0 atom stereocenters. The maximum atomic E-state index is 12.4. The second kappa shape index (κ2) is 9.48. The Labute approximate surface area is 159 Å². The molecule has 1 saturated carbocycles. The van der Waals surface area contributed by atoms with E-state index >= 15 is 0 Å². The Morgan fingerprint density at radius 1 is 0.963 bits per heavy atom. The Hall–Kier alpha value is -2.44. The van der Waals surface area contributed by atoms with E-state index in [-0.39, 0.29) is 17.9 Å². The lowest BCUT2D eigenvalue weighted by Gasteiger charge is -2.32. The van der Waals surface area contributed by atoms with Crippen LogP contribution in [0.4, 0.5) is 0 Å². The molecule has 27 heavy (non-hydrogen) atoms. The number of hydrogen-bond acceptors (Lipinski definition) is 4. The quantitative estimate of drug-likeness (QED) is 0.784. The minimum absolute atomic E-state index is 0.0201. The number of hydrogen-bond donors (Lipinski definition) is 2. The van der Waals surface area contributed by atoms with Crippen molar-refractivity contribution in [1.82, 2.24) is 20.5 Å². The SMILES string of the molecule is O=C(NCC1CCN(C(=O)c2ccncc2)CC1)C(=O)NC1CCCCC1. The molecule has 1 saturated heterocycles. The van der Waals surface area contributed by atoms with Gasteiger partial charge in [-0.05, 0) is 43.7 Å². The normalized spacial score (nSPS) is 18.7. The van der Waals surface area contributed by atoms with Gasteiger partial charge in [-0.3, -0.25) is 19.4 Å². The van der Waals surface area contributed by atoms with Gasteiger partial charge in [0.05, 0.1) is 0 Å². The fraction of sp³-hybridized carbons (Fsp3) is 0.600. The van der Waals surface area contributed by atoms with Gasteiger partial charge in [-0.1, -0.05) is 19.3 Å². The molecule has 1 aliphatic heterocycles. The molecule has 0 radical (unpaired) electrons. The second-order valence-electron chi connectivity index (χ2n) is 7.49. The van der Waals surface area contributed by atoms with Crippen LogP contribution in [0, 0.1) is 5.92 Å². The Balaban J connectivity index is 1.37. The van der Waals surface area contributed by atoms with E-state index in [1.165, 1.54) is 6.42 Å². The highest BCUT2D eigenvalue weighted by molar-refractivity contribution is 6.35. The molecule has 0 bridgehead atoms. The molecule has 1 aromatic heterocycles. The van der Waals surface area contributed by atoms with Gasteiger partial charge in [0.2, 0.25) is 0 Å². The van der Waals surface area contributed by atoms with Crippen LogP contribution in [0.1, 0.15) is 55.3 Å². The van der Waals surface area contributed by atoms with Crippen LogP contribution in [0.3, 0.4) is 0 Å². The number of nitrogens with zero attached hydrogens (tertiary/aromatic N) is 2. The summed E-state index contributed by atoms with van der Waals surface area (Å²) >= 11 is 0. The van der Waals surface area contributed by atoms with Crippen molar-refractivity contribution in [3.8, 4) is 0 Å². The third-order valence-corrected chi connectivity index (χ3v) is 5.53. The highest BCUT2D eigenvalue weighted by Crippen LogP contribution is 2.19. The van der Waals surface area contributed by atoms with Crippen LogP contribution in [0.2, 0.25) is 0 Å². The predicted molar refractivity (Wildman–Crippen MR) is 101 cm³/mol. The fourth-order valence-electron chi connectivity index (χ4n) is 3.83. The van der Waals surface area contributed by atoms with Crippen molar-refractivity contribution in [2.45, 2.75) is 51.0 Å². The average Bonchev–Trinajstić information content (AvgIpc) is 2.73. The first-order valence-electron chi connectivity index (χ1n) is 9.91. The molecule has 1 aliphatic carbocycles. The third kappa shape index (κ3) is 5.52. The van der Waals surface area contributed by atoms with Gasteiger partial charge in [0.1, 0.15) is 0 Å². The molecule has 3 rings (SSSR count). The molecule has 2 heterocycles. The summed E-state index contributed by atoms with van der Waals surface area (Å²) in [4.78, 5) is 42.2. The Bertz CT molecular complexity index is 650. The lowest BCUT2D eigenvalue weighted by molar-refractivity contribution is -0.139. The molecule has 3 amide bonds. The summed E-state index contributed by atoms with van der Waals surface area (Å²) in [6.45, 7) is 1.81. The van der Waals surface area contributed by atoms with E-state index in [1.54, 1.807) is 24.5 Å². The number of carbonyl (C=O) groups excluding carboxylic acids is 3. The van der Waals surface area contributed by atoms with Crippen LogP contribution in [0.5, 0.6) is 0 Å². The van der Waals surface area contributed by atoms with Gasteiger partial charge in [0.15, 0.2) is 0 Å². The van der Waals surface area contributed by atoms with Gasteiger partial charge in [-0.25, -0.2) is 0 Å². The zero-order valence-corrected chi connectivity index (χ0v) is 15.7. The summed E-state index contributed by atoms with van der Waals surface area (Å²) < 4.78 is 0. The van der Waals surface area contributed by atoms with Crippen LogP contribution in [0.15, 0.2) is 24.5 Å². The third-order valence-electron chi connectivity index (χ3n) is 5.53. The predicted octanol–water partition coefficient (Wildman–Crippen LogP) is 1.50. The van der Waals surface area contributed by atoms with Gasteiger partial charge in [0, 0.05) is 43.6 Å². The number of amides is 3. The van der Waals surface area contributed by atoms with Gasteiger partial charge in [-0.15, -0.1) is 0 Å². The van der Waals surface area contributed by atoms with E-state index in [9.17, 15) is 14.4 Å². The molecular formula is C20H28N4O3. The van der Waals surface area contributed by atoms with Crippen molar-refractivity contribution in [3.63, 3.8) is 0 Å². The number of nitrogens with one attached hydrogen (secondary N) is 2. The zero-order chi connectivity index (χ0) is 19.1. The van der Waals surface area contributed by atoms with Crippen LogP contribution in [-0.2, 0) is 9.59 Å². The van der Waals surface area contributed by atoms with Gasteiger partial charge < -0.3 is 15.5 Å². The summed E-state index contributed by atoms with van der Waals surface area (Å²) in [5.41, 5.74) is 0.649. The Kier molecular flexibility index (Phi) is 6.79. The molecular weight excluding hydrogens is 344 g/mol. The number of pyridine rings is 1. The van der Waals surface area contributed by atoms with Crippen LogP contribution < -0.4 is 10.6 Å². The summed E-state index contributed by atoms with van der Waals surface area (Å²) in [7, 11) is 0. The van der Waals surface area contributed by atoms with Gasteiger partial charge in [-0.2, -0.15) is 0 Å². The highest BCUT2D eigenvalue weighted by atomic mass is 16.2. The standard InChI is InChI=1S/C20H28N4O3/c25-18(19(26)23-17-4-2-1-3-5-17)22-14-15-8-12-24(13-9-15)20(27)16-6-10-21-11-7-16/h6-7,10-11,15,17H,1-5,8-9,12-14H2,(H,22,25)(H,23,26). The molecule has 2 fully saturated rings. The zero-order valence-electron chi connectivity index (χ0n) is 15.7. The summed E-state index contributed by atoms with van der Waals surface area (Å²) in [6.07, 6.45) is 10.2. The van der Waals surface area contributed by atoms with Crippen molar-refractivity contribution in [1.29, 1.82) is 0 Å². The van der Waals surface area contributed by atoms with Crippen molar-refractivity contribution >= 4 is 17.7 Å². The first kappa shape index (κ1) is 19.3. The number of likely N-dealkylation sites (tertiary alicyclic amines) is 1. The molecule has 1 aromatic rings. The molecule has 146 valence electrons. The van der Waals surface area contributed by atoms with Crippen molar-refractivity contribution < 1.29 is 14.4 Å². The minimum Gasteiger partial charge on any atom is -0.348 e. The van der Waals surface area contributed by atoms with Crippen molar-refractivity contribution in [3.05, 3.63) is 30.1 Å². The first-order valence-corrected chi connectivity index (χ1v) is 9.91. The number of rotatable bonds is 4. The minimum atomic E-state index is -0.545. The van der Waals surface area contributed by atoms with E-state index < -0.39 is 11.8 Å². The van der Waals surface area contributed by atoms with Crippen LogP contribution in [-0.4, -0.2) is 53.3 Å². The largest absolute Gasteiger partial charge is 0.348 e. The smallest absolute Gasteiger partial charge is 0.309 e. The molecule has 2 N–H and O–H groups in total. The van der Waals surface area contributed by atoms with E-state index in [1.807, 2.05) is 4.90 Å².